The summed E-state index contributed by atoms with van der Waals surface area (Å²) in [5.74, 6) is -3.13. The Bertz CT molecular complexity index is 372. The van der Waals surface area contributed by atoms with E-state index in [4.69, 9.17) is 15.2 Å². The molecule has 0 amide bonds. The highest BCUT2D eigenvalue weighted by Crippen LogP contribution is 2.21. The lowest BCUT2D eigenvalue weighted by Gasteiger charge is -2.27. The molecule has 5 nitrogen and oxygen atoms in total. The maximum absolute atomic E-state index is 10.9. The number of hydrogen-bond donors (Lipinski definition) is 1. The van der Waals surface area contributed by atoms with Crippen molar-refractivity contribution in [3.8, 4) is 0 Å². The molecule has 16 heavy (non-hydrogen) atoms. The van der Waals surface area contributed by atoms with E-state index in [1.807, 2.05) is 0 Å². The molecule has 0 aliphatic heterocycles. The van der Waals surface area contributed by atoms with E-state index in [-0.39, 0.29) is 0 Å². The van der Waals surface area contributed by atoms with E-state index in [2.05, 4.69) is 0 Å². The first-order chi connectivity index (χ1) is 7.44. The normalized spacial score (nSPS) is 10.7. The Morgan fingerprint density at radius 2 is 1.50 bits per heavy atom. The van der Waals surface area contributed by atoms with Crippen molar-refractivity contribution in [2.45, 2.75) is 19.8 Å². The number of ether oxygens (including phenoxy) is 2. The van der Waals surface area contributed by atoms with Crippen LogP contribution < -0.4 is 5.73 Å². The minimum absolute atomic E-state index is 0.389. The van der Waals surface area contributed by atoms with Gasteiger partial charge in [0.2, 0.25) is 0 Å². The van der Waals surface area contributed by atoms with Crippen LogP contribution in [0.3, 0.4) is 0 Å². The molecule has 1 rings (SSSR count). The molecule has 0 saturated heterocycles. The Balaban J connectivity index is 3.04. The Labute approximate surface area is 93.1 Å². The summed E-state index contributed by atoms with van der Waals surface area (Å²) in [6.07, 6.45) is 0. The number of nitrogens with two attached hydrogens (primary N) is 1. The molecule has 0 aliphatic carbocycles. The van der Waals surface area contributed by atoms with Crippen LogP contribution in [0.1, 0.15) is 19.4 Å². The van der Waals surface area contributed by atoms with E-state index in [1.54, 1.807) is 30.3 Å². The fourth-order valence-corrected chi connectivity index (χ4v) is 1.24. The second-order valence-electron chi connectivity index (χ2n) is 3.22. The average Bonchev–Trinajstić information content (AvgIpc) is 2.16. The zero-order chi connectivity index (χ0) is 12.2. The van der Waals surface area contributed by atoms with Crippen LogP contribution in [0.5, 0.6) is 0 Å². The minimum atomic E-state index is -1.86. The van der Waals surface area contributed by atoms with Crippen molar-refractivity contribution in [2.75, 3.05) is 0 Å². The van der Waals surface area contributed by atoms with Crippen molar-refractivity contribution in [2.24, 2.45) is 5.73 Å². The molecule has 0 bridgehead atoms. The minimum Gasteiger partial charge on any atom is -0.405 e. The lowest BCUT2D eigenvalue weighted by Crippen LogP contribution is -2.45. The highest BCUT2D eigenvalue weighted by molar-refractivity contribution is 5.69. The first-order valence-electron chi connectivity index (χ1n) is 4.67. The first-order valence-corrected chi connectivity index (χ1v) is 4.67. The number of rotatable bonds is 3. The van der Waals surface area contributed by atoms with Crippen LogP contribution in [-0.2, 0) is 25.0 Å². The molecule has 0 aromatic heterocycles. The molecule has 1 aromatic carbocycles. The van der Waals surface area contributed by atoms with Gasteiger partial charge in [0.25, 0.3) is 0 Å². The molecule has 1 aromatic rings. The lowest BCUT2D eigenvalue weighted by molar-refractivity contribution is -0.230. The van der Waals surface area contributed by atoms with Crippen LogP contribution in [0.4, 0.5) is 0 Å². The van der Waals surface area contributed by atoms with E-state index < -0.39 is 17.8 Å². The molecule has 0 spiro atoms. The molecular formula is C11H13NO4. The summed E-state index contributed by atoms with van der Waals surface area (Å²) in [5.41, 5.74) is 6.12. The van der Waals surface area contributed by atoms with Gasteiger partial charge in [-0.25, -0.2) is 0 Å². The summed E-state index contributed by atoms with van der Waals surface area (Å²) in [6.45, 7) is 2.38. The van der Waals surface area contributed by atoms with Gasteiger partial charge in [0.1, 0.15) is 0 Å². The Hall–Kier alpha value is -1.88. The summed E-state index contributed by atoms with van der Waals surface area (Å²) in [7, 11) is 0. The van der Waals surface area contributed by atoms with Crippen LogP contribution in [0.25, 0.3) is 0 Å². The van der Waals surface area contributed by atoms with Gasteiger partial charge in [-0.3, -0.25) is 15.3 Å². The molecule has 0 unspecified atom stereocenters. The number of hydrogen-bond acceptors (Lipinski definition) is 5. The summed E-state index contributed by atoms with van der Waals surface area (Å²) >= 11 is 0. The van der Waals surface area contributed by atoms with E-state index in [1.165, 1.54) is 13.8 Å². The zero-order valence-electron chi connectivity index (χ0n) is 9.10. The van der Waals surface area contributed by atoms with Gasteiger partial charge in [-0.1, -0.05) is 18.2 Å². The zero-order valence-corrected chi connectivity index (χ0v) is 9.10. The second kappa shape index (κ2) is 4.76. The number of benzene rings is 1. The first kappa shape index (κ1) is 12.2. The van der Waals surface area contributed by atoms with Gasteiger partial charge in [-0.2, -0.15) is 0 Å². The van der Waals surface area contributed by atoms with Crippen LogP contribution in [0.2, 0.25) is 0 Å². The van der Waals surface area contributed by atoms with Crippen LogP contribution in [0.15, 0.2) is 30.3 Å². The highest BCUT2D eigenvalue weighted by Gasteiger charge is 2.34. The Morgan fingerprint density at radius 1 is 1.06 bits per heavy atom. The third-order valence-electron chi connectivity index (χ3n) is 1.77. The number of carbonyl (C=O) groups excluding carboxylic acids is 2. The lowest BCUT2D eigenvalue weighted by atomic mass is 10.1. The summed E-state index contributed by atoms with van der Waals surface area (Å²) in [6, 6.07) is 8.37. The van der Waals surface area contributed by atoms with Crippen molar-refractivity contribution >= 4 is 11.9 Å². The van der Waals surface area contributed by atoms with Crippen LogP contribution in [-0.4, -0.2) is 11.9 Å². The van der Waals surface area contributed by atoms with Gasteiger partial charge >= 0.3 is 17.8 Å². The topological polar surface area (TPSA) is 78.6 Å². The third-order valence-corrected chi connectivity index (χ3v) is 1.77. The summed E-state index contributed by atoms with van der Waals surface area (Å²) in [5, 5.41) is 0. The fraction of sp³-hybridized carbons (Fsp3) is 0.273. The molecule has 5 heteroatoms. The highest BCUT2D eigenvalue weighted by atomic mass is 16.7. The van der Waals surface area contributed by atoms with Gasteiger partial charge < -0.3 is 9.47 Å². The predicted octanol–water partition coefficient (Wildman–Crippen LogP) is 0.882. The molecule has 0 saturated carbocycles. The SMILES string of the molecule is CC(=O)OC(N)(OC(C)=O)c1ccccc1. The van der Waals surface area contributed by atoms with E-state index in [0.717, 1.165) is 0 Å². The van der Waals surface area contributed by atoms with Crippen LogP contribution >= 0.6 is 0 Å². The van der Waals surface area contributed by atoms with Crippen molar-refractivity contribution in [1.29, 1.82) is 0 Å². The van der Waals surface area contributed by atoms with E-state index >= 15 is 0 Å². The third kappa shape index (κ3) is 3.06. The number of esters is 2. The molecule has 0 atom stereocenters. The molecule has 0 radical (unpaired) electrons. The van der Waals surface area contributed by atoms with Crippen molar-refractivity contribution < 1.29 is 19.1 Å². The molecule has 0 aliphatic rings. The van der Waals surface area contributed by atoms with Gasteiger partial charge in [-0.15, -0.1) is 0 Å². The van der Waals surface area contributed by atoms with E-state index in [9.17, 15) is 9.59 Å². The predicted molar refractivity (Wildman–Crippen MR) is 55.8 cm³/mol. The quantitative estimate of drug-likeness (QED) is 0.608. The molecule has 86 valence electrons. The van der Waals surface area contributed by atoms with Crippen molar-refractivity contribution in [3.05, 3.63) is 35.9 Å². The Kier molecular flexibility index (Phi) is 3.63. The average molecular weight is 223 g/mol. The second-order valence-corrected chi connectivity index (χ2v) is 3.22. The fourth-order valence-electron chi connectivity index (χ4n) is 1.24. The standard InChI is InChI=1S/C11H13NO4/c1-8(13)15-11(12,16-9(2)14)10-6-4-3-5-7-10/h3-7H,12H2,1-2H3. The van der Waals surface area contributed by atoms with Crippen molar-refractivity contribution in [3.63, 3.8) is 0 Å². The van der Waals surface area contributed by atoms with Crippen molar-refractivity contribution in [1.82, 2.24) is 0 Å². The molecule has 2 N–H and O–H groups in total. The molecule has 0 fully saturated rings. The summed E-state index contributed by atoms with van der Waals surface area (Å²) in [4.78, 5) is 21.8. The van der Waals surface area contributed by atoms with Gasteiger partial charge in [0.15, 0.2) is 0 Å². The summed E-state index contributed by atoms with van der Waals surface area (Å²) < 4.78 is 9.66. The van der Waals surface area contributed by atoms with Crippen LogP contribution in [0, 0.1) is 0 Å². The maximum Gasteiger partial charge on any atom is 0.343 e. The largest absolute Gasteiger partial charge is 0.405 e. The molecule has 0 heterocycles. The van der Waals surface area contributed by atoms with Gasteiger partial charge in [0.05, 0.1) is 5.56 Å². The monoisotopic (exact) mass is 223 g/mol. The molecular weight excluding hydrogens is 210 g/mol. The van der Waals surface area contributed by atoms with Gasteiger partial charge in [0, 0.05) is 13.8 Å². The maximum atomic E-state index is 10.9. The van der Waals surface area contributed by atoms with Gasteiger partial charge in [-0.05, 0) is 12.1 Å². The smallest absolute Gasteiger partial charge is 0.343 e. The van der Waals surface area contributed by atoms with E-state index in [0.29, 0.717) is 5.56 Å². The number of carbonyl (C=O) groups is 2. The Morgan fingerprint density at radius 3 is 1.88 bits per heavy atom.